The van der Waals surface area contributed by atoms with Crippen molar-refractivity contribution in [1.29, 1.82) is 0 Å². The summed E-state index contributed by atoms with van der Waals surface area (Å²) >= 11 is 0. The van der Waals surface area contributed by atoms with Gasteiger partial charge in [0.1, 0.15) is 0 Å². The van der Waals surface area contributed by atoms with Crippen molar-refractivity contribution in [3.05, 3.63) is 120 Å². The van der Waals surface area contributed by atoms with Crippen LogP contribution < -0.4 is 0 Å². The molecular weight excluding hydrogens is 400 g/mol. The van der Waals surface area contributed by atoms with Crippen molar-refractivity contribution in [1.82, 2.24) is 0 Å². The molecule has 0 radical (unpaired) electrons. The molecule has 4 nitrogen and oxygen atoms in total. The van der Waals surface area contributed by atoms with Gasteiger partial charge in [-0.25, -0.2) is 0 Å². The maximum absolute atomic E-state index is 12.9. The number of carbonyl (C=O) groups excluding carboxylic acids is 1. The SMILES string of the molecule is C=CC[C@@H](C)[C@H](O)CC(=O)O[C@H](c1ccccc1)C(O)(c1ccccc1)c1ccccc1. The van der Waals surface area contributed by atoms with Crippen molar-refractivity contribution >= 4 is 5.97 Å². The highest BCUT2D eigenvalue weighted by molar-refractivity contribution is 5.70. The van der Waals surface area contributed by atoms with Crippen molar-refractivity contribution in [3.63, 3.8) is 0 Å². The molecule has 0 unspecified atom stereocenters. The Balaban J connectivity index is 2.03. The van der Waals surface area contributed by atoms with Crippen molar-refractivity contribution in [2.75, 3.05) is 0 Å². The summed E-state index contributed by atoms with van der Waals surface area (Å²) in [7, 11) is 0. The first-order valence-electron chi connectivity index (χ1n) is 10.8. The van der Waals surface area contributed by atoms with Crippen LogP contribution in [0.4, 0.5) is 0 Å². The minimum absolute atomic E-state index is 0.127. The van der Waals surface area contributed by atoms with Gasteiger partial charge in [-0.05, 0) is 29.0 Å². The van der Waals surface area contributed by atoms with Crippen LogP contribution in [-0.4, -0.2) is 22.3 Å². The van der Waals surface area contributed by atoms with Gasteiger partial charge in [-0.15, -0.1) is 6.58 Å². The number of hydrogen-bond acceptors (Lipinski definition) is 4. The third-order valence-electron chi connectivity index (χ3n) is 5.73. The minimum atomic E-state index is -1.63. The number of esters is 1. The number of aliphatic hydroxyl groups excluding tert-OH is 1. The molecule has 3 aromatic rings. The number of rotatable bonds is 10. The van der Waals surface area contributed by atoms with E-state index < -0.39 is 23.8 Å². The Morgan fingerprint density at radius 2 is 1.41 bits per heavy atom. The predicted molar refractivity (Wildman–Crippen MR) is 126 cm³/mol. The lowest BCUT2D eigenvalue weighted by molar-refractivity contribution is -0.166. The van der Waals surface area contributed by atoms with E-state index in [-0.39, 0.29) is 12.3 Å². The average molecular weight is 431 g/mol. The Bertz CT molecular complexity index is 946. The van der Waals surface area contributed by atoms with E-state index in [4.69, 9.17) is 4.74 Å². The summed E-state index contributed by atoms with van der Waals surface area (Å²) in [5, 5.41) is 22.6. The molecule has 2 N–H and O–H groups in total. The molecule has 0 aliphatic carbocycles. The van der Waals surface area contributed by atoms with Crippen LogP contribution in [0.2, 0.25) is 0 Å². The zero-order chi connectivity index (χ0) is 23.0. The van der Waals surface area contributed by atoms with Crippen LogP contribution in [0.1, 0.15) is 42.6 Å². The van der Waals surface area contributed by atoms with Gasteiger partial charge in [0.15, 0.2) is 11.7 Å². The zero-order valence-electron chi connectivity index (χ0n) is 18.3. The fourth-order valence-electron chi connectivity index (χ4n) is 3.85. The molecule has 0 aromatic heterocycles. The average Bonchev–Trinajstić information content (AvgIpc) is 2.84. The van der Waals surface area contributed by atoms with E-state index >= 15 is 0 Å². The Morgan fingerprint density at radius 3 is 1.88 bits per heavy atom. The Morgan fingerprint density at radius 1 is 0.938 bits per heavy atom. The molecule has 4 heteroatoms. The highest BCUT2D eigenvalue weighted by Crippen LogP contribution is 2.43. The largest absolute Gasteiger partial charge is 0.454 e. The number of ether oxygens (including phenoxy) is 1. The topological polar surface area (TPSA) is 66.8 Å². The van der Waals surface area contributed by atoms with Crippen LogP contribution in [0.5, 0.6) is 0 Å². The van der Waals surface area contributed by atoms with Gasteiger partial charge in [0.05, 0.1) is 12.5 Å². The molecule has 0 saturated heterocycles. The first kappa shape index (κ1) is 23.5. The number of carbonyl (C=O) groups is 1. The van der Waals surface area contributed by atoms with Gasteiger partial charge in [-0.2, -0.15) is 0 Å². The molecule has 0 amide bonds. The number of benzene rings is 3. The Labute approximate surface area is 189 Å². The summed E-state index contributed by atoms with van der Waals surface area (Å²) in [5.74, 6) is -0.704. The summed E-state index contributed by atoms with van der Waals surface area (Å²) in [6.07, 6.45) is 0.267. The Kier molecular flexibility index (Phi) is 7.98. The van der Waals surface area contributed by atoms with E-state index in [0.29, 0.717) is 23.1 Å². The number of hydrogen-bond donors (Lipinski definition) is 2. The second-order valence-corrected chi connectivity index (χ2v) is 8.05. The van der Waals surface area contributed by atoms with Crippen LogP contribution in [0.15, 0.2) is 104 Å². The molecule has 0 spiro atoms. The molecule has 0 aliphatic rings. The summed E-state index contributed by atoms with van der Waals surface area (Å²) in [4.78, 5) is 12.9. The molecule has 3 aromatic carbocycles. The van der Waals surface area contributed by atoms with Crippen molar-refractivity contribution in [2.45, 2.75) is 37.6 Å². The highest BCUT2D eigenvalue weighted by atomic mass is 16.6. The van der Waals surface area contributed by atoms with Gasteiger partial charge < -0.3 is 14.9 Å². The third-order valence-corrected chi connectivity index (χ3v) is 5.73. The molecule has 0 saturated carbocycles. The second-order valence-electron chi connectivity index (χ2n) is 8.05. The number of aliphatic hydroxyl groups is 2. The quantitative estimate of drug-likeness (QED) is 0.344. The van der Waals surface area contributed by atoms with Crippen LogP contribution >= 0.6 is 0 Å². The third kappa shape index (κ3) is 5.34. The Hall–Kier alpha value is -3.21. The summed E-state index contributed by atoms with van der Waals surface area (Å²) in [5.41, 5.74) is 0.239. The molecule has 0 aliphatic heterocycles. The van der Waals surface area contributed by atoms with Crippen LogP contribution in [0.25, 0.3) is 0 Å². The van der Waals surface area contributed by atoms with Crippen molar-refractivity contribution in [2.24, 2.45) is 5.92 Å². The van der Waals surface area contributed by atoms with Crippen LogP contribution in [0, 0.1) is 5.92 Å². The summed E-state index contributed by atoms with van der Waals surface area (Å²) in [6.45, 7) is 5.55. The predicted octanol–water partition coefficient (Wildman–Crippen LogP) is 5.17. The van der Waals surface area contributed by atoms with Gasteiger partial charge in [0.2, 0.25) is 0 Å². The van der Waals surface area contributed by atoms with Crippen LogP contribution in [-0.2, 0) is 15.1 Å². The standard InChI is InChI=1S/C28H30O4/c1-3-13-21(2)25(29)20-26(30)32-27(22-14-7-4-8-15-22)28(31,23-16-9-5-10-17-23)24-18-11-6-12-19-24/h3-12,14-19,21,25,27,29,31H,1,13,20H2,2H3/t21-,25-,27-/m1/s1. The van der Waals surface area contributed by atoms with Crippen LogP contribution in [0.3, 0.4) is 0 Å². The molecule has 0 fully saturated rings. The maximum Gasteiger partial charge on any atom is 0.309 e. The van der Waals surface area contributed by atoms with Gasteiger partial charge in [-0.1, -0.05) is 104 Å². The molecule has 3 rings (SSSR count). The van der Waals surface area contributed by atoms with E-state index in [1.807, 2.05) is 97.9 Å². The molecule has 3 atom stereocenters. The smallest absolute Gasteiger partial charge is 0.309 e. The zero-order valence-corrected chi connectivity index (χ0v) is 18.3. The lowest BCUT2D eigenvalue weighted by Crippen LogP contribution is -2.38. The van der Waals surface area contributed by atoms with Gasteiger partial charge in [0.25, 0.3) is 0 Å². The minimum Gasteiger partial charge on any atom is -0.454 e. The fraction of sp³-hybridized carbons (Fsp3) is 0.250. The fourth-order valence-corrected chi connectivity index (χ4v) is 3.85. The highest BCUT2D eigenvalue weighted by Gasteiger charge is 2.44. The van der Waals surface area contributed by atoms with E-state index in [0.717, 1.165) is 0 Å². The van der Waals surface area contributed by atoms with E-state index in [9.17, 15) is 15.0 Å². The van der Waals surface area contributed by atoms with E-state index in [1.54, 1.807) is 6.08 Å². The van der Waals surface area contributed by atoms with Gasteiger partial charge >= 0.3 is 5.97 Å². The monoisotopic (exact) mass is 430 g/mol. The summed E-state index contributed by atoms with van der Waals surface area (Å²) < 4.78 is 5.93. The lowest BCUT2D eigenvalue weighted by Gasteiger charge is -2.37. The van der Waals surface area contributed by atoms with Gasteiger partial charge in [-0.3, -0.25) is 4.79 Å². The molecule has 32 heavy (non-hydrogen) atoms. The van der Waals surface area contributed by atoms with Crippen molar-refractivity contribution in [3.8, 4) is 0 Å². The molecule has 0 bridgehead atoms. The lowest BCUT2D eigenvalue weighted by atomic mass is 9.79. The first-order chi connectivity index (χ1) is 15.5. The maximum atomic E-state index is 12.9. The molecular formula is C28H30O4. The van der Waals surface area contributed by atoms with Crippen molar-refractivity contribution < 1.29 is 19.7 Å². The summed E-state index contributed by atoms with van der Waals surface area (Å²) in [6, 6.07) is 27.6. The van der Waals surface area contributed by atoms with E-state index in [1.165, 1.54) is 0 Å². The van der Waals surface area contributed by atoms with E-state index in [2.05, 4.69) is 6.58 Å². The first-order valence-corrected chi connectivity index (χ1v) is 10.8. The second kappa shape index (κ2) is 10.9. The molecule has 0 heterocycles. The molecule has 166 valence electrons. The normalized spacial score (nSPS) is 14.2. The van der Waals surface area contributed by atoms with Gasteiger partial charge in [0, 0.05) is 0 Å². The number of allylic oxidation sites excluding steroid dienone is 1.